The monoisotopic (exact) mass is 309 g/mol. The van der Waals surface area contributed by atoms with E-state index in [9.17, 15) is 0 Å². The molecule has 0 aliphatic carbocycles. The van der Waals surface area contributed by atoms with Crippen molar-refractivity contribution in [1.82, 2.24) is 5.32 Å². The van der Waals surface area contributed by atoms with Gasteiger partial charge in [0.25, 0.3) is 0 Å². The van der Waals surface area contributed by atoms with Gasteiger partial charge in [-0.3, -0.25) is 0 Å². The second-order valence-electron chi connectivity index (χ2n) is 7.31. The molecule has 0 radical (unpaired) electrons. The van der Waals surface area contributed by atoms with Crippen LogP contribution in [0.25, 0.3) is 0 Å². The lowest BCUT2D eigenvalue weighted by molar-refractivity contribution is 0.0652. The molecule has 0 aromatic heterocycles. The van der Waals surface area contributed by atoms with Gasteiger partial charge in [0.1, 0.15) is 11.4 Å². The molecular formula is C21H27NO. The van der Waals surface area contributed by atoms with Crippen molar-refractivity contribution in [1.29, 1.82) is 0 Å². The van der Waals surface area contributed by atoms with Crippen LogP contribution in [0.15, 0.2) is 42.5 Å². The van der Waals surface area contributed by atoms with Gasteiger partial charge >= 0.3 is 0 Å². The van der Waals surface area contributed by atoms with Crippen molar-refractivity contribution in [2.24, 2.45) is 0 Å². The van der Waals surface area contributed by atoms with E-state index >= 15 is 0 Å². The molecule has 3 rings (SSSR count). The van der Waals surface area contributed by atoms with Crippen LogP contribution in [-0.4, -0.2) is 12.1 Å². The standard InChI is InChI=1S/C21H27NO/c1-15-12-16(2)20-18(13-15)19(14-21(3,4)23-20)22-11-10-17-8-6-5-7-9-17/h5-9,12-13,19,22H,10-11,14H2,1-4H3. The van der Waals surface area contributed by atoms with Crippen LogP contribution in [0, 0.1) is 13.8 Å². The minimum Gasteiger partial charge on any atom is -0.487 e. The maximum absolute atomic E-state index is 6.26. The van der Waals surface area contributed by atoms with E-state index in [1.165, 1.54) is 22.3 Å². The van der Waals surface area contributed by atoms with Crippen molar-refractivity contribution >= 4 is 0 Å². The summed E-state index contributed by atoms with van der Waals surface area (Å²) in [5.74, 6) is 1.07. The Bertz CT molecular complexity index is 676. The summed E-state index contributed by atoms with van der Waals surface area (Å²) < 4.78 is 6.26. The first-order valence-electron chi connectivity index (χ1n) is 8.52. The van der Waals surface area contributed by atoms with Crippen LogP contribution >= 0.6 is 0 Å². The molecule has 0 fully saturated rings. The second-order valence-corrected chi connectivity index (χ2v) is 7.31. The van der Waals surface area contributed by atoms with Gasteiger partial charge in [-0.2, -0.15) is 0 Å². The zero-order chi connectivity index (χ0) is 16.4. The molecule has 1 unspecified atom stereocenters. The fourth-order valence-electron chi connectivity index (χ4n) is 3.52. The molecule has 2 aromatic carbocycles. The Morgan fingerprint density at radius 2 is 1.87 bits per heavy atom. The van der Waals surface area contributed by atoms with Crippen LogP contribution in [-0.2, 0) is 6.42 Å². The quantitative estimate of drug-likeness (QED) is 0.881. The van der Waals surface area contributed by atoms with Crippen LogP contribution < -0.4 is 10.1 Å². The molecule has 122 valence electrons. The van der Waals surface area contributed by atoms with Crippen molar-refractivity contribution in [2.45, 2.75) is 52.2 Å². The van der Waals surface area contributed by atoms with Crippen LogP contribution in [0.5, 0.6) is 5.75 Å². The Morgan fingerprint density at radius 3 is 2.61 bits per heavy atom. The molecule has 0 saturated carbocycles. The van der Waals surface area contributed by atoms with Crippen LogP contribution in [0.3, 0.4) is 0 Å². The van der Waals surface area contributed by atoms with Gasteiger partial charge in [0.15, 0.2) is 0 Å². The topological polar surface area (TPSA) is 21.3 Å². The molecule has 0 saturated heterocycles. The highest BCUT2D eigenvalue weighted by Gasteiger charge is 2.34. The second kappa shape index (κ2) is 6.37. The maximum atomic E-state index is 6.26. The van der Waals surface area contributed by atoms with E-state index in [0.29, 0.717) is 6.04 Å². The molecule has 2 heteroatoms. The molecule has 1 atom stereocenters. The lowest BCUT2D eigenvalue weighted by Gasteiger charge is -2.39. The number of nitrogens with one attached hydrogen (secondary N) is 1. The van der Waals surface area contributed by atoms with Gasteiger partial charge in [-0.15, -0.1) is 0 Å². The fourth-order valence-corrected chi connectivity index (χ4v) is 3.52. The average Bonchev–Trinajstić information content (AvgIpc) is 2.49. The molecule has 1 N–H and O–H groups in total. The van der Waals surface area contributed by atoms with Gasteiger partial charge in [0, 0.05) is 18.0 Å². The molecule has 2 aromatic rings. The van der Waals surface area contributed by atoms with E-state index in [1.807, 2.05) is 0 Å². The lowest BCUT2D eigenvalue weighted by Crippen LogP contribution is -2.40. The SMILES string of the molecule is Cc1cc(C)c2c(c1)C(NCCc1ccccc1)CC(C)(C)O2. The Morgan fingerprint density at radius 1 is 1.13 bits per heavy atom. The number of rotatable bonds is 4. The van der Waals surface area contributed by atoms with Crippen molar-refractivity contribution in [3.8, 4) is 5.75 Å². The Balaban J connectivity index is 1.77. The van der Waals surface area contributed by atoms with Crippen molar-refractivity contribution in [3.05, 3.63) is 64.7 Å². The summed E-state index contributed by atoms with van der Waals surface area (Å²) in [5, 5.41) is 3.76. The van der Waals surface area contributed by atoms with Gasteiger partial charge in [0.2, 0.25) is 0 Å². The van der Waals surface area contributed by atoms with E-state index in [1.54, 1.807) is 0 Å². The highest BCUT2D eigenvalue weighted by molar-refractivity contribution is 5.47. The van der Waals surface area contributed by atoms with E-state index in [0.717, 1.165) is 25.1 Å². The molecule has 0 spiro atoms. The smallest absolute Gasteiger partial charge is 0.127 e. The Labute approximate surface area is 139 Å². The van der Waals surface area contributed by atoms with E-state index in [-0.39, 0.29) is 5.60 Å². The molecule has 1 heterocycles. The molecule has 0 bridgehead atoms. The third-order valence-corrected chi connectivity index (χ3v) is 4.54. The predicted octanol–water partition coefficient (Wildman–Crippen LogP) is 4.74. The average molecular weight is 309 g/mol. The van der Waals surface area contributed by atoms with Crippen molar-refractivity contribution in [2.75, 3.05) is 6.54 Å². The van der Waals surface area contributed by atoms with Gasteiger partial charge in [-0.1, -0.05) is 48.0 Å². The molecule has 1 aliphatic heterocycles. The summed E-state index contributed by atoms with van der Waals surface area (Å²) >= 11 is 0. The molecule has 0 amide bonds. The minimum atomic E-state index is -0.128. The summed E-state index contributed by atoms with van der Waals surface area (Å²) in [5.41, 5.74) is 5.11. The zero-order valence-electron chi connectivity index (χ0n) is 14.6. The molecule has 1 aliphatic rings. The number of aryl methyl sites for hydroxylation is 2. The summed E-state index contributed by atoms with van der Waals surface area (Å²) in [6, 6.07) is 15.5. The molecular weight excluding hydrogens is 282 g/mol. The van der Waals surface area contributed by atoms with E-state index < -0.39 is 0 Å². The normalized spacial score (nSPS) is 19.0. The highest BCUT2D eigenvalue weighted by atomic mass is 16.5. The summed E-state index contributed by atoms with van der Waals surface area (Å²) in [7, 11) is 0. The minimum absolute atomic E-state index is 0.128. The maximum Gasteiger partial charge on any atom is 0.127 e. The summed E-state index contributed by atoms with van der Waals surface area (Å²) in [6.07, 6.45) is 2.05. The highest BCUT2D eigenvalue weighted by Crippen LogP contribution is 2.41. The first-order valence-corrected chi connectivity index (χ1v) is 8.52. The summed E-state index contributed by atoms with van der Waals surface area (Å²) in [4.78, 5) is 0. The number of fused-ring (bicyclic) bond motifs is 1. The number of hydrogen-bond acceptors (Lipinski definition) is 2. The molecule has 2 nitrogen and oxygen atoms in total. The van der Waals surface area contributed by atoms with Gasteiger partial charge in [-0.25, -0.2) is 0 Å². The lowest BCUT2D eigenvalue weighted by atomic mass is 9.87. The fraction of sp³-hybridized carbons (Fsp3) is 0.429. The van der Waals surface area contributed by atoms with Gasteiger partial charge in [0.05, 0.1) is 0 Å². The van der Waals surface area contributed by atoms with E-state index in [4.69, 9.17) is 4.74 Å². The first-order chi connectivity index (χ1) is 10.9. The molecule has 23 heavy (non-hydrogen) atoms. The van der Waals surface area contributed by atoms with Gasteiger partial charge < -0.3 is 10.1 Å². The number of hydrogen-bond donors (Lipinski definition) is 1. The van der Waals surface area contributed by atoms with Gasteiger partial charge in [-0.05, 0) is 51.8 Å². The van der Waals surface area contributed by atoms with E-state index in [2.05, 4.69) is 75.5 Å². The summed E-state index contributed by atoms with van der Waals surface area (Å²) in [6.45, 7) is 9.65. The van der Waals surface area contributed by atoms with Crippen molar-refractivity contribution < 1.29 is 4.74 Å². The third-order valence-electron chi connectivity index (χ3n) is 4.54. The predicted molar refractivity (Wildman–Crippen MR) is 96.1 cm³/mol. The third kappa shape index (κ3) is 3.76. The van der Waals surface area contributed by atoms with Crippen LogP contribution in [0.4, 0.5) is 0 Å². The Kier molecular flexibility index (Phi) is 4.45. The van der Waals surface area contributed by atoms with Crippen LogP contribution in [0.1, 0.15) is 48.6 Å². The first kappa shape index (κ1) is 16.1. The number of benzene rings is 2. The van der Waals surface area contributed by atoms with Crippen LogP contribution in [0.2, 0.25) is 0 Å². The largest absolute Gasteiger partial charge is 0.487 e. The van der Waals surface area contributed by atoms with Crippen molar-refractivity contribution in [3.63, 3.8) is 0 Å². The Hall–Kier alpha value is -1.80. The zero-order valence-corrected chi connectivity index (χ0v) is 14.6. The number of ether oxygens (including phenoxy) is 1.